The molecule has 0 N–H and O–H groups in total. The van der Waals surface area contributed by atoms with Crippen LogP contribution in [0, 0.1) is 21.7 Å². The molecule has 0 spiro atoms. The zero-order valence-corrected chi connectivity index (χ0v) is 45.7. The van der Waals surface area contributed by atoms with Gasteiger partial charge in [-0.25, -0.2) is 0 Å². The van der Waals surface area contributed by atoms with Gasteiger partial charge >= 0.3 is 23.9 Å². The van der Waals surface area contributed by atoms with E-state index in [0.717, 1.165) is 30.3 Å². The maximum Gasteiger partial charge on any atom is 0.311 e. The molecule has 0 bridgehead atoms. The van der Waals surface area contributed by atoms with Crippen LogP contribution in [0.25, 0.3) is 0 Å². The second kappa shape index (κ2) is 29.2. The Labute approximate surface area is 423 Å². The molecule has 386 valence electrons. The smallest absolute Gasteiger partial charge is 0.311 e. The summed E-state index contributed by atoms with van der Waals surface area (Å²) in [5.41, 5.74) is 3.76. The third-order valence-corrected chi connectivity index (χ3v) is 14.7. The van der Waals surface area contributed by atoms with Gasteiger partial charge in [0.2, 0.25) is 0 Å². The fourth-order valence-electron chi connectivity index (χ4n) is 7.94. The molecule has 9 nitrogen and oxygen atoms in total. The van der Waals surface area contributed by atoms with Gasteiger partial charge in [-0.05, 0) is 100 Å². The Morgan fingerprint density at radius 1 is 0.443 bits per heavy atom. The zero-order valence-electron chi connectivity index (χ0n) is 45.7. The molecular formula is C60H90BNO8. The van der Waals surface area contributed by atoms with Gasteiger partial charge in [0, 0.05) is 6.42 Å². The molecule has 1 saturated heterocycles. The van der Waals surface area contributed by atoms with Crippen LogP contribution < -0.4 is 21.9 Å². The van der Waals surface area contributed by atoms with Crippen LogP contribution in [0.3, 0.4) is 0 Å². The first-order valence-electron chi connectivity index (χ1n) is 25.8. The van der Waals surface area contributed by atoms with Gasteiger partial charge in [-0.2, -0.15) is 21.9 Å². The number of hydrogen-bond acceptors (Lipinski definition) is 8. The van der Waals surface area contributed by atoms with Crippen molar-refractivity contribution < 1.29 is 42.6 Å². The zero-order chi connectivity index (χ0) is 52.5. The van der Waals surface area contributed by atoms with Crippen molar-refractivity contribution in [3.63, 3.8) is 0 Å². The summed E-state index contributed by atoms with van der Waals surface area (Å²) in [6, 6.07) is 43.5. The van der Waals surface area contributed by atoms with E-state index in [2.05, 4.69) is 133 Å². The van der Waals surface area contributed by atoms with Crippen LogP contribution >= 0.6 is 0 Å². The number of quaternary nitrogens is 1. The number of rotatable bonds is 19. The van der Waals surface area contributed by atoms with E-state index in [-0.39, 0.29) is 47.9 Å². The first-order valence-corrected chi connectivity index (χ1v) is 25.8. The molecule has 0 saturated carbocycles. The van der Waals surface area contributed by atoms with Crippen molar-refractivity contribution >= 4 is 51.9 Å². The van der Waals surface area contributed by atoms with E-state index in [4.69, 9.17) is 14.2 Å². The Morgan fingerprint density at radius 3 is 0.971 bits per heavy atom. The van der Waals surface area contributed by atoms with Gasteiger partial charge in [-0.3, -0.25) is 19.2 Å². The largest absolute Gasteiger partial charge is 0.469 e. The average molecular weight is 964 g/mol. The number of piperidine rings is 1. The third-order valence-electron chi connectivity index (χ3n) is 14.7. The van der Waals surface area contributed by atoms with Crippen molar-refractivity contribution in [2.45, 2.75) is 134 Å². The van der Waals surface area contributed by atoms with Crippen molar-refractivity contribution in [1.82, 2.24) is 0 Å². The number of carbonyl (C=O) groups excluding carboxylic acids is 4. The number of hydrogen-bond donors (Lipinski definition) is 0. The minimum absolute atomic E-state index is 0.0497. The number of methoxy groups -OCH3 is 1. The molecule has 10 heteroatoms. The molecule has 0 atom stereocenters. The van der Waals surface area contributed by atoms with Gasteiger partial charge in [0.1, 0.15) is 19.4 Å². The number of nitrogens with zero attached hydrogens (tertiary/aromatic N) is 1. The van der Waals surface area contributed by atoms with Crippen molar-refractivity contribution in [1.29, 1.82) is 0 Å². The molecule has 4 aromatic carbocycles. The lowest BCUT2D eigenvalue weighted by Crippen LogP contribution is -2.74. The second-order valence-electron chi connectivity index (χ2n) is 21.6. The normalized spacial score (nSPS) is 13.6. The van der Waals surface area contributed by atoms with E-state index in [9.17, 15) is 19.2 Å². The number of carbonyl (C=O) groups is 4. The Hall–Kier alpha value is -5.22. The number of benzene rings is 4. The Balaban J connectivity index is 0.000000338. The molecular weight excluding hydrogens is 873 g/mol. The first kappa shape index (κ1) is 60.9. The van der Waals surface area contributed by atoms with Crippen molar-refractivity contribution in [3.05, 3.63) is 121 Å². The van der Waals surface area contributed by atoms with Crippen LogP contribution in [0.4, 0.5) is 0 Å². The third kappa shape index (κ3) is 18.5. The van der Waals surface area contributed by atoms with E-state index in [0.29, 0.717) is 19.4 Å². The number of likely N-dealkylation sites (tertiary alicyclic amines) is 1. The highest BCUT2D eigenvalue weighted by molar-refractivity contribution is 7.19. The molecule has 4 aromatic rings. The Bertz CT molecular complexity index is 1920. The quantitative estimate of drug-likeness (QED) is 0.0301. The maximum absolute atomic E-state index is 11.8. The predicted molar refractivity (Wildman–Crippen MR) is 290 cm³/mol. The highest BCUT2D eigenvalue weighted by Crippen LogP contribution is 2.24. The van der Waals surface area contributed by atoms with E-state index >= 15 is 0 Å². The molecule has 5 rings (SSSR count). The molecule has 0 amide bonds. The summed E-state index contributed by atoms with van der Waals surface area (Å²) in [7, 11) is 3.75. The lowest BCUT2D eigenvalue weighted by Gasteiger charge is -2.44. The highest BCUT2D eigenvalue weighted by atomic mass is 16.6. The fraction of sp³-hybridized carbons (Fsp3) is 0.533. The summed E-state index contributed by atoms with van der Waals surface area (Å²) in [4.78, 5) is 45.9. The van der Waals surface area contributed by atoms with Gasteiger partial charge < -0.3 is 23.4 Å². The topological polar surface area (TPSA) is 105 Å². The minimum Gasteiger partial charge on any atom is -0.469 e. The van der Waals surface area contributed by atoms with Crippen molar-refractivity contribution in [3.8, 4) is 0 Å². The fourth-order valence-corrected chi connectivity index (χ4v) is 7.94. The van der Waals surface area contributed by atoms with E-state index in [1.807, 2.05) is 83.1 Å². The summed E-state index contributed by atoms with van der Waals surface area (Å²) in [6.07, 6.45) is 6.93. The molecule has 1 aliphatic heterocycles. The molecule has 0 aromatic heterocycles. The van der Waals surface area contributed by atoms with Crippen LogP contribution in [0.15, 0.2) is 121 Å². The maximum atomic E-state index is 11.8. The average Bonchev–Trinajstić information content (AvgIpc) is 3.38. The predicted octanol–water partition coefficient (Wildman–Crippen LogP) is 10.6. The summed E-state index contributed by atoms with van der Waals surface area (Å²) in [5, 5.41) is 0. The van der Waals surface area contributed by atoms with Gasteiger partial charge in [-0.15, -0.1) is 0 Å². The van der Waals surface area contributed by atoms with Gasteiger partial charge in [0.05, 0.1) is 62.1 Å². The standard InChI is InChI=1S/C24H20B.C15H30NO2.C14H26O4.C7H14O2/c1-5-13-21(14-6-1)25(22-15-7-2-8-16-22,23-17-9-3-10-18-23)24-19-11-4-12-20-24;1-5-15(2,3)14(17)18-13-9-12-16(4)10-7-6-8-11-16;1-7-13(3,4)11(15)17-9-10-18-12(16)14(5,6)8-2;1-5-7(2,3)6(8)9-4/h1-20H;5-13H2,1-4H3;7-10H2,1-6H3;5H2,1-4H3/q-1;+1;;. The summed E-state index contributed by atoms with van der Waals surface area (Å²) in [6.45, 7) is 27.4. The molecule has 1 heterocycles. The van der Waals surface area contributed by atoms with Crippen LogP contribution in [0.5, 0.6) is 0 Å². The molecule has 0 unspecified atom stereocenters. The molecule has 1 aliphatic rings. The summed E-state index contributed by atoms with van der Waals surface area (Å²) in [5.74, 6) is -0.692. The molecule has 1 fully saturated rings. The highest BCUT2D eigenvalue weighted by Gasteiger charge is 2.32. The number of ether oxygens (including phenoxy) is 4. The first-order chi connectivity index (χ1) is 33.0. The summed E-state index contributed by atoms with van der Waals surface area (Å²) >= 11 is 0. The molecule has 70 heavy (non-hydrogen) atoms. The Morgan fingerprint density at radius 2 is 0.714 bits per heavy atom. The van der Waals surface area contributed by atoms with E-state index in [1.54, 1.807) is 0 Å². The van der Waals surface area contributed by atoms with Crippen LogP contribution in [-0.4, -0.2) is 88.1 Å². The van der Waals surface area contributed by atoms with Crippen molar-refractivity contribution in [2.24, 2.45) is 21.7 Å². The lowest BCUT2D eigenvalue weighted by atomic mass is 9.13. The van der Waals surface area contributed by atoms with Crippen LogP contribution in [0.2, 0.25) is 0 Å². The monoisotopic (exact) mass is 964 g/mol. The van der Waals surface area contributed by atoms with E-state index in [1.165, 1.54) is 61.3 Å². The van der Waals surface area contributed by atoms with E-state index < -0.39 is 17.0 Å². The SMILES string of the molecule is CCC(C)(C)C(=O)OC.CCC(C)(C)C(=O)OCCC[N+]1(C)CCCCC1.CCC(C)(C)C(=O)OCCOC(=O)C(C)(C)CC.c1ccc([B-](c2ccccc2)(c2ccccc2)c2ccccc2)cc1. The van der Waals surface area contributed by atoms with Gasteiger partial charge in [0.15, 0.2) is 0 Å². The molecule has 0 radical (unpaired) electrons. The number of esters is 4. The van der Waals surface area contributed by atoms with Crippen molar-refractivity contribution in [2.75, 3.05) is 53.6 Å². The van der Waals surface area contributed by atoms with Gasteiger partial charge in [0.25, 0.3) is 0 Å². The molecule has 0 aliphatic carbocycles. The minimum atomic E-state index is -1.22. The summed E-state index contributed by atoms with van der Waals surface area (Å²) < 4.78 is 21.3. The Kier molecular flexibility index (Phi) is 25.4. The van der Waals surface area contributed by atoms with Crippen LogP contribution in [-0.2, 0) is 38.1 Å². The second-order valence-corrected chi connectivity index (χ2v) is 21.6. The van der Waals surface area contributed by atoms with Crippen LogP contribution in [0.1, 0.15) is 134 Å². The lowest BCUT2D eigenvalue weighted by molar-refractivity contribution is -0.914. The van der Waals surface area contributed by atoms with Gasteiger partial charge in [-0.1, -0.05) is 149 Å².